The van der Waals surface area contributed by atoms with Gasteiger partial charge in [0, 0.05) is 18.5 Å². The number of amides is 1. The van der Waals surface area contributed by atoms with E-state index >= 15 is 0 Å². The molecule has 196 valence electrons. The zero-order valence-corrected chi connectivity index (χ0v) is 21.9. The number of carbonyl (C=O) groups excluding carboxylic acids is 2. The lowest BCUT2D eigenvalue weighted by Crippen LogP contribution is -2.29. The van der Waals surface area contributed by atoms with E-state index in [0.29, 0.717) is 23.5 Å². The van der Waals surface area contributed by atoms with Crippen molar-refractivity contribution in [3.63, 3.8) is 0 Å². The summed E-state index contributed by atoms with van der Waals surface area (Å²) in [5.74, 6) is -0.0493. The Hall–Kier alpha value is -4.06. The summed E-state index contributed by atoms with van der Waals surface area (Å²) in [7, 11) is 0. The zero-order valence-electron chi connectivity index (χ0n) is 21.9. The maximum atomic E-state index is 13.5. The standard InChI is InChI=1S/C32H33NO5/c1-3-4-8-16-37-26-13-9-12-23(19-26)29-28(30(34)24-14-15-27-25(18-24)17-21(2)38-27)31(35)32(36)33(29)20-22-10-6-5-7-11-22/h5-7,9-15,18-19,21,29,34H,3-4,8,16-17,20H2,1-2H3/b30-28+/t21-,29-/m1/s1. The van der Waals surface area contributed by atoms with Crippen LogP contribution in [0.25, 0.3) is 5.76 Å². The minimum absolute atomic E-state index is 0.0546. The predicted molar refractivity (Wildman–Crippen MR) is 146 cm³/mol. The van der Waals surface area contributed by atoms with Crippen molar-refractivity contribution in [1.29, 1.82) is 0 Å². The van der Waals surface area contributed by atoms with Crippen LogP contribution in [-0.4, -0.2) is 34.4 Å². The molecule has 6 nitrogen and oxygen atoms in total. The number of rotatable bonds is 9. The highest BCUT2D eigenvalue weighted by Crippen LogP contribution is 2.42. The van der Waals surface area contributed by atoms with Gasteiger partial charge in [-0.3, -0.25) is 9.59 Å². The lowest BCUT2D eigenvalue weighted by atomic mass is 9.94. The van der Waals surface area contributed by atoms with Gasteiger partial charge in [0.15, 0.2) is 0 Å². The highest BCUT2D eigenvalue weighted by molar-refractivity contribution is 6.46. The zero-order chi connectivity index (χ0) is 26.6. The van der Waals surface area contributed by atoms with E-state index in [1.54, 1.807) is 6.07 Å². The van der Waals surface area contributed by atoms with Crippen molar-refractivity contribution in [3.8, 4) is 11.5 Å². The van der Waals surface area contributed by atoms with E-state index in [1.165, 1.54) is 4.90 Å². The predicted octanol–water partition coefficient (Wildman–Crippen LogP) is 6.20. The molecule has 0 aromatic heterocycles. The third-order valence-electron chi connectivity index (χ3n) is 7.10. The number of hydrogen-bond donors (Lipinski definition) is 1. The maximum absolute atomic E-state index is 13.5. The molecule has 2 aliphatic heterocycles. The minimum atomic E-state index is -0.752. The number of likely N-dealkylation sites (tertiary alicyclic amines) is 1. The van der Waals surface area contributed by atoms with E-state index in [-0.39, 0.29) is 24.0 Å². The summed E-state index contributed by atoms with van der Waals surface area (Å²) in [5, 5.41) is 11.5. The average Bonchev–Trinajstić information content (AvgIpc) is 3.42. The van der Waals surface area contributed by atoms with Crippen LogP contribution in [0.3, 0.4) is 0 Å². The molecular weight excluding hydrogens is 478 g/mol. The molecule has 0 unspecified atom stereocenters. The summed E-state index contributed by atoms with van der Waals surface area (Å²) in [6, 6.07) is 21.7. The van der Waals surface area contributed by atoms with Crippen LogP contribution in [0.2, 0.25) is 0 Å². The van der Waals surface area contributed by atoms with Crippen LogP contribution >= 0.6 is 0 Å². The smallest absolute Gasteiger partial charge is 0.295 e. The van der Waals surface area contributed by atoms with Crippen molar-refractivity contribution >= 4 is 17.4 Å². The number of unbranched alkanes of at least 4 members (excludes halogenated alkanes) is 2. The Bertz CT molecular complexity index is 1360. The Morgan fingerprint density at radius 3 is 2.63 bits per heavy atom. The molecule has 1 saturated heterocycles. The summed E-state index contributed by atoms with van der Waals surface area (Å²) >= 11 is 0. The fourth-order valence-electron chi connectivity index (χ4n) is 5.21. The highest BCUT2D eigenvalue weighted by atomic mass is 16.5. The number of nitrogens with zero attached hydrogens (tertiary/aromatic N) is 1. The largest absolute Gasteiger partial charge is 0.507 e. The van der Waals surface area contributed by atoms with Gasteiger partial charge in [-0.25, -0.2) is 0 Å². The normalized spacial score (nSPS) is 19.9. The molecule has 1 N–H and O–H groups in total. The van der Waals surface area contributed by atoms with Gasteiger partial charge in [0.25, 0.3) is 11.7 Å². The number of ether oxygens (including phenoxy) is 2. The lowest BCUT2D eigenvalue weighted by molar-refractivity contribution is -0.140. The number of Topliss-reactive ketones (excluding diaryl/α,β-unsaturated/α-hetero) is 1. The van der Waals surface area contributed by atoms with E-state index in [2.05, 4.69) is 6.92 Å². The first-order chi connectivity index (χ1) is 18.5. The Balaban J connectivity index is 1.56. The molecule has 2 heterocycles. The van der Waals surface area contributed by atoms with Crippen LogP contribution in [-0.2, 0) is 22.6 Å². The first-order valence-corrected chi connectivity index (χ1v) is 13.3. The van der Waals surface area contributed by atoms with Crippen molar-refractivity contribution < 1.29 is 24.2 Å². The summed E-state index contributed by atoms with van der Waals surface area (Å²) < 4.78 is 11.8. The van der Waals surface area contributed by atoms with Gasteiger partial charge >= 0.3 is 0 Å². The first kappa shape index (κ1) is 25.6. The molecule has 0 aliphatic carbocycles. The minimum Gasteiger partial charge on any atom is -0.507 e. The molecule has 0 saturated carbocycles. The van der Waals surface area contributed by atoms with E-state index in [0.717, 1.165) is 42.6 Å². The van der Waals surface area contributed by atoms with Gasteiger partial charge in [0.2, 0.25) is 0 Å². The quantitative estimate of drug-likeness (QED) is 0.160. The van der Waals surface area contributed by atoms with Crippen molar-refractivity contribution in [2.75, 3.05) is 6.61 Å². The fourth-order valence-corrected chi connectivity index (χ4v) is 5.21. The molecule has 0 bridgehead atoms. The molecule has 38 heavy (non-hydrogen) atoms. The number of carbonyl (C=O) groups is 2. The number of ketones is 1. The Labute approximate surface area is 223 Å². The molecule has 1 amide bonds. The molecule has 2 atom stereocenters. The number of aliphatic hydroxyl groups is 1. The SMILES string of the molecule is CCCCCOc1cccc([C@@H]2/C(=C(\O)c3ccc4c(c3)C[C@@H](C)O4)C(=O)C(=O)N2Cc2ccccc2)c1. The summed E-state index contributed by atoms with van der Waals surface area (Å²) in [5.41, 5.74) is 3.17. The third kappa shape index (κ3) is 5.17. The topological polar surface area (TPSA) is 76.1 Å². The fraction of sp³-hybridized carbons (Fsp3) is 0.312. The van der Waals surface area contributed by atoms with E-state index in [1.807, 2.05) is 73.7 Å². The second-order valence-electron chi connectivity index (χ2n) is 10.00. The Morgan fingerprint density at radius 2 is 1.84 bits per heavy atom. The van der Waals surface area contributed by atoms with Crippen LogP contribution in [0.4, 0.5) is 0 Å². The number of aliphatic hydroxyl groups excluding tert-OH is 1. The van der Waals surface area contributed by atoms with Crippen LogP contribution in [0.15, 0.2) is 78.4 Å². The lowest BCUT2D eigenvalue weighted by Gasteiger charge is -2.26. The summed E-state index contributed by atoms with van der Waals surface area (Å²) in [6.07, 6.45) is 3.92. The summed E-state index contributed by atoms with van der Waals surface area (Å²) in [6.45, 7) is 4.97. The molecule has 3 aromatic rings. The molecule has 0 spiro atoms. The van der Waals surface area contributed by atoms with Crippen molar-refractivity contribution in [3.05, 3.63) is 101 Å². The second-order valence-corrected chi connectivity index (χ2v) is 10.00. The van der Waals surface area contributed by atoms with Gasteiger partial charge < -0.3 is 19.5 Å². The van der Waals surface area contributed by atoms with Gasteiger partial charge in [-0.15, -0.1) is 0 Å². The van der Waals surface area contributed by atoms with E-state index in [9.17, 15) is 14.7 Å². The number of fused-ring (bicyclic) bond motifs is 1. The van der Waals surface area contributed by atoms with Crippen LogP contribution in [0.5, 0.6) is 11.5 Å². The van der Waals surface area contributed by atoms with Crippen LogP contribution in [0, 0.1) is 0 Å². The number of benzene rings is 3. The van der Waals surface area contributed by atoms with Crippen molar-refractivity contribution in [1.82, 2.24) is 4.90 Å². The molecular formula is C32H33NO5. The van der Waals surface area contributed by atoms with Gasteiger partial charge in [-0.2, -0.15) is 0 Å². The third-order valence-corrected chi connectivity index (χ3v) is 7.10. The van der Waals surface area contributed by atoms with Crippen molar-refractivity contribution in [2.24, 2.45) is 0 Å². The highest BCUT2D eigenvalue weighted by Gasteiger charge is 2.46. The molecule has 2 aliphatic rings. The van der Waals surface area contributed by atoms with Gasteiger partial charge in [0.1, 0.15) is 23.4 Å². The monoisotopic (exact) mass is 511 g/mol. The molecule has 0 radical (unpaired) electrons. The Kier molecular flexibility index (Phi) is 7.50. The number of hydrogen-bond acceptors (Lipinski definition) is 5. The van der Waals surface area contributed by atoms with E-state index < -0.39 is 17.7 Å². The maximum Gasteiger partial charge on any atom is 0.295 e. The average molecular weight is 512 g/mol. The second kappa shape index (κ2) is 11.1. The Morgan fingerprint density at radius 1 is 1.03 bits per heavy atom. The summed E-state index contributed by atoms with van der Waals surface area (Å²) in [4.78, 5) is 28.4. The van der Waals surface area contributed by atoms with Crippen LogP contribution < -0.4 is 9.47 Å². The molecule has 6 heteroatoms. The van der Waals surface area contributed by atoms with Gasteiger partial charge in [-0.1, -0.05) is 62.2 Å². The van der Waals surface area contributed by atoms with Crippen LogP contribution in [0.1, 0.15) is 61.4 Å². The molecule has 5 rings (SSSR count). The molecule has 3 aromatic carbocycles. The van der Waals surface area contributed by atoms with Gasteiger partial charge in [-0.05, 0) is 60.4 Å². The van der Waals surface area contributed by atoms with E-state index in [4.69, 9.17) is 9.47 Å². The van der Waals surface area contributed by atoms with Crippen molar-refractivity contribution in [2.45, 2.75) is 58.2 Å². The van der Waals surface area contributed by atoms with Gasteiger partial charge in [0.05, 0.1) is 18.2 Å². The molecule has 1 fully saturated rings. The first-order valence-electron chi connectivity index (χ1n) is 13.3.